The molecule has 56 valence electrons. The Morgan fingerprint density at radius 2 is 2.60 bits per heavy atom. The molecule has 0 bridgehead atoms. The number of amidine groups is 1. The van der Waals surface area contributed by atoms with E-state index in [2.05, 4.69) is 20.0 Å². The maximum Gasteiger partial charge on any atom is 0.375 e. The summed E-state index contributed by atoms with van der Waals surface area (Å²) in [6, 6.07) is 0. The number of rotatable bonds is 1. The minimum absolute atomic E-state index is 0.0240. The van der Waals surface area contributed by atoms with Crippen LogP contribution in [0.2, 0.25) is 0 Å². The van der Waals surface area contributed by atoms with Crippen LogP contribution in [0.4, 0.5) is 0 Å². The highest BCUT2D eigenvalue weighted by Gasteiger charge is 2.11. The zero-order chi connectivity index (χ0) is 7.40. The molecule has 1 aliphatic rings. The first kappa shape index (κ1) is 6.81. The largest absolute Gasteiger partial charge is 0.475 e. The van der Waals surface area contributed by atoms with Crippen molar-refractivity contribution < 1.29 is 19.5 Å². The van der Waals surface area contributed by atoms with E-state index < -0.39 is 5.97 Å². The highest BCUT2D eigenvalue weighted by Crippen LogP contribution is 1.86. The van der Waals surface area contributed by atoms with Gasteiger partial charge in [0.05, 0.1) is 0 Å². The van der Waals surface area contributed by atoms with Crippen LogP contribution in [0.25, 0.3) is 0 Å². The standard InChI is InChI=1S/C4H6N2O4/c7-4(8)3-5-1-9-2-10-6-3/h1-2H2,(H,5,6)(H,7,8). The van der Waals surface area contributed by atoms with E-state index in [-0.39, 0.29) is 19.4 Å². The molecule has 2 N–H and O–H groups in total. The summed E-state index contributed by atoms with van der Waals surface area (Å²) >= 11 is 0. The lowest BCUT2D eigenvalue weighted by molar-refractivity contribution is -0.129. The van der Waals surface area contributed by atoms with E-state index in [1.54, 1.807) is 0 Å². The summed E-state index contributed by atoms with van der Waals surface area (Å²) in [7, 11) is 0. The van der Waals surface area contributed by atoms with Gasteiger partial charge in [-0.3, -0.25) is 0 Å². The Morgan fingerprint density at radius 1 is 1.80 bits per heavy atom. The second-order valence-corrected chi connectivity index (χ2v) is 1.52. The van der Waals surface area contributed by atoms with Crippen molar-refractivity contribution >= 4 is 11.8 Å². The Balaban J connectivity index is 2.54. The highest BCUT2D eigenvalue weighted by atomic mass is 16.7. The van der Waals surface area contributed by atoms with E-state index in [1.807, 2.05) is 0 Å². The smallest absolute Gasteiger partial charge is 0.375 e. The summed E-state index contributed by atoms with van der Waals surface area (Å²) in [5, 5.41) is 13.9. The second-order valence-electron chi connectivity index (χ2n) is 1.52. The molecule has 0 radical (unpaired) electrons. The van der Waals surface area contributed by atoms with Crippen LogP contribution in [0.3, 0.4) is 0 Å². The molecule has 1 heterocycles. The minimum atomic E-state index is -1.16. The molecule has 0 saturated carbocycles. The fourth-order valence-electron chi connectivity index (χ4n) is 0.436. The number of hydrogen-bond donors (Lipinski definition) is 2. The number of carbonyl (C=O) groups is 1. The van der Waals surface area contributed by atoms with Gasteiger partial charge in [0.15, 0.2) is 0 Å². The third-order valence-electron chi connectivity index (χ3n) is 0.836. The first-order valence-electron chi connectivity index (χ1n) is 2.55. The van der Waals surface area contributed by atoms with Gasteiger partial charge in [0.2, 0.25) is 6.79 Å². The summed E-state index contributed by atoms with van der Waals surface area (Å²) in [6.07, 6.45) is 0. The predicted octanol–water partition coefficient (Wildman–Crippen LogP) is -1.06. The van der Waals surface area contributed by atoms with E-state index in [4.69, 9.17) is 5.11 Å². The van der Waals surface area contributed by atoms with Crippen molar-refractivity contribution in [1.29, 1.82) is 0 Å². The van der Waals surface area contributed by atoms with Gasteiger partial charge in [-0.15, -0.1) is 0 Å². The molecule has 0 unspecified atom stereocenters. The van der Waals surface area contributed by atoms with Crippen molar-refractivity contribution in [2.45, 2.75) is 0 Å². The minimum Gasteiger partial charge on any atom is -0.475 e. The van der Waals surface area contributed by atoms with Crippen LogP contribution in [0.5, 0.6) is 0 Å². The van der Waals surface area contributed by atoms with Crippen molar-refractivity contribution in [3.8, 4) is 0 Å². The zero-order valence-electron chi connectivity index (χ0n) is 5.03. The lowest BCUT2D eigenvalue weighted by Gasteiger charge is -1.96. The van der Waals surface area contributed by atoms with Gasteiger partial charge in [0, 0.05) is 0 Å². The van der Waals surface area contributed by atoms with Gasteiger partial charge in [-0.05, 0) is 0 Å². The van der Waals surface area contributed by atoms with Gasteiger partial charge in [-0.25, -0.2) is 4.79 Å². The Hall–Kier alpha value is -1.30. The number of nitrogens with zero attached hydrogens (tertiary/aromatic N) is 1. The molecule has 0 saturated heterocycles. The molecule has 6 nitrogen and oxygen atoms in total. The van der Waals surface area contributed by atoms with Crippen molar-refractivity contribution in [3.05, 3.63) is 0 Å². The van der Waals surface area contributed by atoms with Crippen LogP contribution in [-0.2, 0) is 14.4 Å². The topological polar surface area (TPSA) is 80.2 Å². The fraction of sp³-hybridized carbons (Fsp3) is 0.500. The molecule has 0 aromatic heterocycles. The quantitative estimate of drug-likeness (QED) is 0.492. The molecule has 0 fully saturated rings. The van der Waals surface area contributed by atoms with Gasteiger partial charge in [0.25, 0.3) is 5.84 Å². The van der Waals surface area contributed by atoms with Crippen LogP contribution in [-0.4, -0.2) is 30.4 Å². The van der Waals surface area contributed by atoms with Crippen LogP contribution in [0.15, 0.2) is 5.16 Å². The van der Waals surface area contributed by atoms with Crippen molar-refractivity contribution in [3.63, 3.8) is 0 Å². The summed E-state index contributed by atoms with van der Waals surface area (Å²) in [5.74, 6) is -1.40. The van der Waals surface area contributed by atoms with Gasteiger partial charge >= 0.3 is 5.97 Å². The normalized spacial score (nSPS) is 17.8. The maximum atomic E-state index is 10.2. The molecule has 1 rings (SSSR count). The van der Waals surface area contributed by atoms with Crippen LogP contribution in [0.1, 0.15) is 0 Å². The molecule has 0 atom stereocenters. The summed E-state index contributed by atoms with van der Waals surface area (Å²) in [6.45, 7) is 0.0783. The van der Waals surface area contributed by atoms with Crippen LogP contribution < -0.4 is 5.32 Å². The molecule has 1 aliphatic heterocycles. The molecule has 0 aromatic rings. The number of carboxylic acid groups (broad SMARTS) is 1. The van der Waals surface area contributed by atoms with E-state index in [1.165, 1.54) is 0 Å². The van der Waals surface area contributed by atoms with Crippen molar-refractivity contribution in [2.24, 2.45) is 5.16 Å². The fourth-order valence-corrected chi connectivity index (χ4v) is 0.436. The summed E-state index contributed by atoms with van der Waals surface area (Å²) in [4.78, 5) is 14.6. The molecule has 0 aromatic carbocycles. The van der Waals surface area contributed by atoms with E-state index in [9.17, 15) is 4.79 Å². The van der Waals surface area contributed by atoms with Gasteiger partial charge < -0.3 is 20.0 Å². The SMILES string of the molecule is O=C(O)C1=NOCOCN1. The highest BCUT2D eigenvalue weighted by molar-refractivity contribution is 6.34. The lowest BCUT2D eigenvalue weighted by atomic mass is 10.6. The van der Waals surface area contributed by atoms with Crippen molar-refractivity contribution in [1.82, 2.24) is 5.32 Å². The monoisotopic (exact) mass is 146 g/mol. The third-order valence-corrected chi connectivity index (χ3v) is 0.836. The number of oxime groups is 1. The molecule has 6 heteroatoms. The van der Waals surface area contributed by atoms with E-state index in [0.29, 0.717) is 0 Å². The number of ether oxygens (including phenoxy) is 1. The van der Waals surface area contributed by atoms with Crippen molar-refractivity contribution in [2.75, 3.05) is 13.5 Å². The van der Waals surface area contributed by atoms with Crippen LogP contribution >= 0.6 is 0 Å². The third kappa shape index (κ3) is 1.59. The molecule has 0 spiro atoms. The average molecular weight is 146 g/mol. The molecule has 0 amide bonds. The Bertz CT molecular complexity index is 167. The Kier molecular flexibility index (Phi) is 2.06. The first-order valence-corrected chi connectivity index (χ1v) is 2.55. The second kappa shape index (κ2) is 3.02. The number of hydrogen-bond acceptors (Lipinski definition) is 5. The van der Waals surface area contributed by atoms with Gasteiger partial charge in [-0.2, -0.15) is 0 Å². The van der Waals surface area contributed by atoms with Crippen LogP contribution in [0, 0.1) is 0 Å². The van der Waals surface area contributed by atoms with E-state index in [0.717, 1.165) is 0 Å². The number of aliphatic carboxylic acids is 1. The predicted molar refractivity (Wildman–Crippen MR) is 30.1 cm³/mol. The Morgan fingerprint density at radius 3 is 3.30 bits per heavy atom. The first-order chi connectivity index (χ1) is 4.80. The van der Waals surface area contributed by atoms with Gasteiger partial charge in [-0.1, -0.05) is 5.16 Å². The summed E-state index contributed by atoms with van der Waals surface area (Å²) < 4.78 is 4.66. The average Bonchev–Trinajstić information content (AvgIpc) is 2.12. The number of nitrogens with one attached hydrogen (secondary N) is 1. The number of carboxylic acids is 1. The molecule has 0 aliphatic carbocycles. The van der Waals surface area contributed by atoms with E-state index >= 15 is 0 Å². The zero-order valence-corrected chi connectivity index (χ0v) is 5.03. The molecular weight excluding hydrogens is 140 g/mol. The lowest BCUT2D eigenvalue weighted by Crippen LogP contribution is -2.31. The maximum absolute atomic E-state index is 10.2. The molecule has 10 heavy (non-hydrogen) atoms. The van der Waals surface area contributed by atoms with Gasteiger partial charge in [0.1, 0.15) is 6.73 Å². The summed E-state index contributed by atoms with van der Waals surface area (Å²) in [5.41, 5.74) is 0. The molecular formula is C4H6N2O4. The Labute approximate surface area is 56.4 Å².